The number of carbonyl (C=O) groups is 1. The summed E-state index contributed by atoms with van der Waals surface area (Å²) in [5.74, 6) is -0.201. The number of carbonyl (C=O) groups excluding carboxylic acids is 1. The molecule has 0 aromatic heterocycles. The molecule has 0 heterocycles. The van der Waals surface area contributed by atoms with Gasteiger partial charge in [-0.25, -0.2) is 13.1 Å². The third kappa shape index (κ3) is 8.09. The maximum absolute atomic E-state index is 12.0. The van der Waals surface area contributed by atoms with Crippen molar-refractivity contribution in [1.29, 1.82) is 0 Å². The van der Waals surface area contributed by atoms with Crippen LogP contribution in [0.5, 0.6) is 0 Å². The molecule has 0 bridgehead atoms. The summed E-state index contributed by atoms with van der Waals surface area (Å²) in [6, 6.07) is 6.41. The molecular formula is C13H21BrClN3O3S. The molecule has 0 spiro atoms. The summed E-state index contributed by atoms with van der Waals surface area (Å²) in [5.41, 5.74) is 5.57. The fourth-order valence-electron chi connectivity index (χ4n) is 1.54. The lowest BCUT2D eigenvalue weighted by atomic mass is 10.2. The highest BCUT2D eigenvalue weighted by Crippen LogP contribution is 2.15. The molecule has 1 aromatic rings. The molecule has 6 nitrogen and oxygen atoms in total. The molecule has 0 saturated heterocycles. The molecule has 0 aliphatic rings. The number of sulfonamides is 1. The summed E-state index contributed by atoms with van der Waals surface area (Å²) in [4.78, 5) is 11.7. The van der Waals surface area contributed by atoms with Gasteiger partial charge in [-0.1, -0.05) is 22.0 Å². The van der Waals surface area contributed by atoms with E-state index in [0.717, 1.165) is 0 Å². The van der Waals surface area contributed by atoms with Crippen molar-refractivity contribution in [3.8, 4) is 0 Å². The van der Waals surface area contributed by atoms with Gasteiger partial charge in [0.25, 0.3) is 0 Å². The Morgan fingerprint density at radius 3 is 2.64 bits per heavy atom. The van der Waals surface area contributed by atoms with Crippen molar-refractivity contribution in [2.45, 2.75) is 30.7 Å². The van der Waals surface area contributed by atoms with Gasteiger partial charge in [-0.3, -0.25) is 4.79 Å². The van der Waals surface area contributed by atoms with E-state index in [4.69, 9.17) is 5.73 Å². The Labute approximate surface area is 145 Å². The van der Waals surface area contributed by atoms with Gasteiger partial charge in [0.15, 0.2) is 0 Å². The Morgan fingerprint density at radius 2 is 2.05 bits per heavy atom. The van der Waals surface area contributed by atoms with Gasteiger partial charge in [0.2, 0.25) is 15.9 Å². The standard InChI is InChI=1S/C13H20BrN3O3S.ClH/c1-10(15)5-7-16-13(18)6-8-17-21(19,20)12-4-2-3-11(14)9-12;/h2-4,9-10,17H,5-8,15H2,1H3,(H,16,18);1H. The first kappa shape index (κ1) is 21.3. The molecule has 0 aliphatic heterocycles. The SMILES string of the molecule is CC(N)CCNC(=O)CCNS(=O)(=O)c1cccc(Br)c1.Cl. The highest BCUT2D eigenvalue weighted by Gasteiger charge is 2.14. The molecule has 0 radical (unpaired) electrons. The number of hydrogen-bond donors (Lipinski definition) is 3. The van der Waals surface area contributed by atoms with E-state index < -0.39 is 10.0 Å². The number of hydrogen-bond acceptors (Lipinski definition) is 4. The molecule has 22 heavy (non-hydrogen) atoms. The summed E-state index contributed by atoms with van der Waals surface area (Å²) in [6.07, 6.45) is 0.779. The van der Waals surface area contributed by atoms with E-state index in [1.807, 2.05) is 6.92 Å². The van der Waals surface area contributed by atoms with Crippen molar-refractivity contribution in [2.75, 3.05) is 13.1 Å². The molecule has 1 rings (SSSR count). The molecular weight excluding hydrogens is 394 g/mol. The fraction of sp³-hybridized carbons (Fsp3) is 0.462. The van der Waals surface area contributed by atoms with Crippen molar-refractivity contribution in [1.82, 2.24) is 10.0 Å². The normalized spacial score (nSPS) is 12.3. The zero-order chi connectivity index (χ0) is 15.9. The predicted octanol–water partition coefficient (Wildman–Crippen LogP) is 1.39. The van der Waals surface area contributed by atoms with Gasteiger partial charge < -0.3 is 11.1 Å². The minimum Gasteiger partial charge on any atom is -0.356 e. The average Bonchev–Trinajstić information content (AvgIpc) is 2.38. The summed E-state index contributed by atoms with van der Waals surface area (Å²) < 4.78 is 27.1. The van der Waals surface area contributed by atoms with Crippen LogP contribution in [-0.4, -0.2) is 33.5 Å². The number of halogens is 2. The second kappa shape index (κ2) is 10.2. The lowest BCUT2D eigenvalue weighted by Gasteiger charge is -2.09. The van der Waals surface area contributed by atoms with Gasteiger partial charge in [-0.05, 0) is 31.5 Å². The van der Waals surface area contributed by atoms with Crippen molar-refractivity contribution in [3.63, 3.8) is 0 Å². The summed E-state index contributed by atoms with van der Waals surface area (Å²) >= 11 is 3.22. The molecule has 0 fully saturated rings. The zero-order valence-electron chi connectivity index (χ0n) is 12.2. The maximum Gasteiger partial charge on any atom is 0.240 e. The zero-order valence-corrected chi connectivity index (χ0v) is 15.4. The maximum atomic E-state index is 12.0. The van der Waals surface area contributed by atoms with Crippen LogP contribution in [0.4, 0.5) is 0 Å². The monoisotopic (exact) mass is 413 g/mol. The first-order valence-corrected chi connectivity index (χ1v) is 8.86. The van der Waals surface area contributed by atoms with E-state index in [1.54, 1.807) is 12.1 Å². The van der Waals surface area contributed by atoms with Crippen LogP contribution in [0.1, 0.15) is 19.8 Å². The number of nitrogens with one attached hydrogen (secondary N) is 2. The third-order valence-corrected chi connectivity index (χ3v) is 4.62. The predicted molar refractivity (Wildman–Crippen MR) is 92.5 cm³/mol. The van der Waals surface area contributed by atoms with Crippen LogP contribution in [0.15, 0.2) is 33.6 Å². The molecule has 0 saturated carbocycles. The van der Waals surface area contributed by atoms with Gasteiger partial charge >= 0.3 is 0 Å². The number of nitrogens with two attached hydrogens (primary N) is 1. The topological polar surface area (TPSA) is 101 Å². The Balaban J connectivity index is 0.00000441. The average molecular weight is 415 g/mol. The quantitative estimate of drug-likeness (QED) is 0.598. The van der Waals surface area contributed by atoms with Gasteiger partial charge in [0.05, 0.1) is 4.90 Å². The molecule has 0 aliphatic carbocycles. The lowest BCUT2D eigenvalue weighted by Crippen LogP contribution is -2.32. The minimum atomic E-state index is -3.59. The van der Waals surface area contributed by atoms with Gasteiger partial charge in [-0.15, -0.1) is 12.4 Å². The van der Waals surface area contributed by atoms with Crippen LogP contribution < -0.4 is 15.8 Å². The molecule has 1 unspecified atom stereocenters. The molecule has 9 heteroatoms. The van der Waals surface area contributed by atoms with E-state index in [2.05, 4.69) is 26.0 Å². The van der Waals surface area contributed by atoms with E-state index in [-0.39, 0.29) is 42.2 Å². The highest BCUT2D eigenvalue weighted by molar-refractivity contribution is 9.10. The van der Waals surface area contributed by atoms with Crippen LogP contribution in [0.3, 0.4) is 0 Å². The van der Waals surface area contributed by atoms with E-state index in [0.29, 0.717) is 17.4 Å². The Morgan fingerprint density at radius 1 is 1.36 bits per heavy atom. The van der Waals surface area contributed by atoms with Crippen molar-refractivity contribution < 1.29 is 13.2 Å². The Hall–Kier alpha value is -0.670. The summed E-state index contributed by atoms with van der Waals surface area (Å²) in [5, 5.41) is 2.69. The van der Waals surface area contributed by atoms with Crippen LogP contribution in [0.25, 0.3) is 0 Å². The van der Waals surface area contributed by atoms with E-state index in [9.17, 15) is 13.2 Å². The van der Waals surface area contributed by atoms with Gasteiger partial charge in [-0.2, -0.15) is 0 Å². The third-order valence-electron chi connectivity index (χ3n) is 2.67. The van der Waals surface area contributed by atoms with Crippen LogP contribution in [0.2, 0.25) is 0 Å². The number of rotatable bonds is 8. The van der Waals surface area contributed by atoms with E-state index >= 15 is 0 Å². The summed E-state index contributed by atoms with van der Waals surface area (Å²) in [7, 11) is -3.59. The van der Waals surface area contributed by atoms with Crippen LogP contribution in [-0.2, 0) is 14.8 Å². The van der Waals surface area contributed by atoms with Crippen molar-refractivity contribution in [3.05, 3.63) is 28.7 Å². The second-order valence-corrected chi connectivity index (χ2v) is 7.40. The molecule has 1 amide bonds. The molecule has 126 valence electrons. The smallest absolute Gasteiger partial charge is 0.240 e. The molecule has 1 aromatic carbocycles. The molecule has 1 atom stereocenters. The largest absolute Gasteiger partial charge is 0.356 e. The van der Waals surface area contributed by atoms with Gasteiger partial charge in [0, 0.05) is 30.0 Å². The molecule has 4 N–H and O–H groups in total. The Bertz CT molecular complexity index is 582. The Kier molecular flexibility index (Phi) is 9.86. The fourth-order valence-corrected chi connectivity index (χ4v) is 3.17. The second-order valence-electron chi connectivity index (χ2n) is 4.72. The number of amides is 1. The first-order valence-electron chi connectivity index (χ1n) is 6.59. The summed E-state index contributed by atoms with van der Waals surface area (Å²) in [6.45, 7) is 2.41. The van der Waals surface area contributed by atoms with Gasteiger partial charge in [0.1, 0.15) is 0 Å². The number of benzene rings is 1. The van der Waals surface area contributed by atoms with Crippen molar-refractivity contribution >= 4 is 44.3 Å². The van der Waals surface area contributed by atoms with E-state index in [1.165, 1.54) is 12.1 Å². The van der Waals surface area contributed by atoms with Crippen LogP contribution in [0, 0.1) is 0 Å². The highest BCUT2D eigenvalue weighted by atomic mass is 79.9. The minimum absolute atomic E-state index is 0. The first-order chi connectivity index (χ1) is 9.81. The van der Waals surface area contributed by atoms with Crippen molar-refractivity contribution in [2.24, 2.45) is 5.73 Å². The lowest BCUT2D eigenvalue weighted by molar-refractivity contribution is -0.120. The van der Waals surface area contributed by atoms with Crippen LogP contribution >= 0.6 is 28.3 Å².